The Labute approximate surface area is 187 Å². The van der Waals surface area contributed by atoms with Crippen molar-refractivity contribution in [2.45, 2.75) is 45.6 Å². The van der Waals surface area contributed by atoms with E-state index in [-0.39, 0.29) is 47.6 Å². The molecule has 0 aromatic heterocycles. The molecule has 3 fully saturated rings. The molecule has 1 heterocycles. The van der Waals surface area contributed by atoms with Crippen molar-refractivity contribution in [3.63, 3.8) is 0 Å². The first-order valence-electron chi connectivity index (χ1n) is 11.5. The van der Waals surface area contributed by atoms with Crippen LogP contribution in [0.3, 0.4) is 0 Å². The molecule has 2 N–H and O–H groups in total. The number of fused-ring (bicyclic) bond motifs is 1. The fourth-order valence-corrected chi connectivity index (χ4v) is 5.88. The maximum atomic E-state index is 12.9. The van der Waals surface area contributed by atoms with E-state index in [4.69, 9.17) is 4.74 Å². The van der Waals surface area contributed by atoms with E-state index >= 15 is 0 Å². The molecule has 1 aliphatic heterocycles. The standard InChI is InChI=1S/C26H28N2O4/c1-3-14-6-5-7-15(4-2)23(14)28-24(29)16-8-10-18(11-9-16)27-25(30)21-17-12-19-20(13-17)32-26(31)22(19)21/h5-11,17,19-22H,3-4,12-13H2,1-2H3,(H,27,30)(H,28,29)/t17-,19+,20-,21-,22-/m1/s1. The van der Waals surface area contributed by atoms with Crippen molar-refractivity contribution in [2.75, 3.05) is 10.6 Å². The van der Waals surface area contributed by atoms with Gasteiger partial charge in [-0.15, -0.1) is 0 Å². The van der Waals surface area contributed by atoms with Crippen LogP contribution in [0, 0.1) is 23.7 Å². The number of hydrogen-bond acceptors (Lipinski definition) is 4. The second-order valence-electron chi connectivity index (χ2n) is 9.10. The third-order valence-electron chi connectivity index (χ3n) is 7.44. The molecule has 5 atom stereocenters. The van der Waals surface area contributed by atoms with Gasteiger partial charge in [0.2, 0.25) is 5.91 Å². The first-order chi connectivity index (χ1) is 15.5. The third kappa shape index (κ3) is 3.38. The zero-order valence-electron chi connectivity index (χ0n) is 18.4. The van der Waals surface area contributed by atoms with E-state index in [0.717, 1.165) is 42.5 Å². The first kappa shape index (κ1) is 20.7. The molecular formula is C26H28N2O4. The van der Waals surface area contributed by atoms with Crippen molar-refractivity contribution < 1.29 is 19.1 Å². The molecule has 0 spiro atoms. The van der Waals surface area contributed by atoms with E-state index in [1.807, 2.05) is 18.2 Å². The normalized spacial score (nSPS) is 27.3. The molecule has 6 heteroatoms. The van der Waals surface area contributed by atoms with Gasteiger partial charge in [-0.05, 0) is 67.0 Å². The minimum atomic E-state index is -0.313. The smallest absolute Gasteiger partial charge is 0.310 e. The van der Waals surface area contributed by atoms with Crippen molar-refractivity contribution in [1.29, 1.82) is 0 Å². The lowest BCUT2D eigenvalue weighted by Gasteiger charge is -2.23. The highest BCUT2D eigenvalue weighted by Crippen LogP contribution is 2.57. The number of carbonyl (C=O) groups is 3. The second kappa shape index (κ2) is 8.08. The van der Waals surface area contributed by atoms with E-state index < -0.39 is 0 Å². The Morgan fingerprint density at radius 2 is 1.66 bits per heavy atom. The number of para-hydroxylation sites is 1. The summed E-state index contributed by atoms with van der Waals surface area (Å²) in [6, 6.07) is 13.0. The number of amides is 2. The number of aryl methyl sites for hydroxylation is 2. The first-order valence-corrected chi connectivity index (χ1v) is 11.5. The molecule has 5 rings (SSSR count). The number of esters is 1. The minimum Gasteiger partial charge on any atom is -0.462 e. The summed E-state index contributed by atoms with van der Waals surface area (Å²) in [7, 11) is 0. The summed E-state index contributed by atoms with van der Waals surface area (Å²) in [5, 5.41) is 6.01. The molecule has 2 aromatic rings. The van der Waals surface area contributed by atoms with Crippen LogP contribution in [0.2, 0.25) is 0 Å². The number of nitrogens with one attached hydrogen (secondary N) is 2. The maximum absolute atomic E-state index is 12.9. The van der Waals surface area contributed by atoms with Gasteiger partial charge in [-0.2, -0.15) is 0 Å². The quantitative estimate of drug-likeness (QED) is 0.670. The average Bonchev–Trinajstić information content (AvgIpc) is 3.42. The van der Waals surface area contributed by atoms with Gasteiger partial charge in [-0.1, -0.05) is 32.0 Å². The molecule has 2 aliphatic carbocycles. The van der Waals surface area contributed by atoms with E-state index in [0.29, 0.717) is 11.3 Å². The molecule has 3 aliphatic rings. The number of carbonyl (C=O) groups excluding carboxylic acids is 3. The van der Waals surface area contributed by atoms with Gasteiger partial charge in [0.05, 0.1) is 11.8 Å². The lowest BCUT2D eigenvalue weighted by atomic mass is 9.79. The fraction of sp³-hybridized carbons (Fsp3) is 0.423. The van der Waals surface area contributed by atoms with Crippen LogP contribution >= 0.6 is 0 Å². The largest absolute Gasteiger partial charge is 0.462 e. The summed E-state index contributed by atoms with van der Waals surface area (Å²) in [5.74, 6) is -0.701. The second-order valence-corrected chi connectivity index (χ2v) is 9.10. The van der Waals surface area contributed by atoms with E-state index in [1.54, 1.807) is 24.3 Å². The van der Waals surface area contributed by atoms with Gasteiger partial charge < -0.3 is 15.4 Å². The Balaban J connectivity index is 1.27. The molecule has 2 bridgehead atoms. The van der Waals surface area contributed by atoms with Crippen LogP contribution in [0.1, 0.15) is 48.2 Å². The van der Waals surface area contributed by atoms with Crippen LogP contribution in [0.5, 0.6) is 0 Å². The molecule has 2 amide bonds. The summed E-state index contributed by atoms with van der Waals surface area (Å²) < 4.78 is 5.43. The van der Waals surface area contributed by atoms with Gasteiger partial charge in [-0.25, -0.2) is 0 Å². The molecule has 166 valence electrons. The summed E-state index contributed by atoms with van der Waals surface area (Å²) >= 11 is 0. The highest BCUT2D eigenvalue weighted by atomic mass is 16.6. The van der Waals surface area contributed by atoms with E-state index in [1.165, 1.54) is 0 Å². The van der Waals surface area contributed by atoms with Gasteiger partial charge in [0.15, 0.2) is 0 Å². The molecule has 0 unspecified atom stereocenters. The van der Waals surface area contributed by atoms with Crippen molar-refractivity contribution in [2.24, 2.45) is 23.7 Å². The lowest BCUT2D eigenvalue weighted by Crippen LogP contribution is -2.35. The van der Waals surface area contributed by atoms with Crippen LogP contribution in [-0.4, -0.2) is 23.9 Å². The van der Waals surface area contributed by atoms with Crippen molar-refractivity contribution in [1.82, 2.24) is 0 Å². The number of hydrogen-bond donors (Lipinski definition) is 2. The Morgan fingerprint density at radius 3 is 2.31 bits per heavy atom. The fourth-order valence-electron chi connectivity index (χ4n) is 5.88. The summed E-state index contributed by atoms with van der Waals surface area (Å²) in [5.41, 5.74) is 4.26. The van der Waals surface area contributed by atoms with Gasteiger partial charge >= 0.3 is 5.97 Å². The zero-order chi connectivity index (χ0) is 22.4. The molecule has 2 saturated carbocycles. The SMILES string of the molecule is CCc1cccc(CC)c1NC(=O)c1ccc(NC(=O)[C@@H]2[C@@H]3C[C@@H]4[C@H]2C(=O)O[C@@H]4C3)cc1. The number of benzene rings is 2. The van der Waals surface area contributed by atoms with E-state index in [9.17, 15) is 14.4 Å². The van der Waals surface area contributed by atoms with Crippen LogP contribution in [0.25, 0.3) is 0 Å². The minimum absolute atomic E-state index is 0.0189. The lowest BCUT2D eigenvalue weighted by molar-refractivity contribution is -0.145. The predicted octanol–water partition coefficient (Wildman–Crippen LogP) is 4.20. The van der Waals surface area contributed by atoms with Crippen molar-refractivity contribution in [3.05, 3.63) is 59.2 Å². The van der Waals surface area contributed by atoms with Crippen molar-refractivity contribution >= 4 is 29.2 Å². The molecule has 0 radical (unpaired) electrons. The molecule has 32 heavy (non-hydrogen) atoms. The molecule has 2 aromatic carbocycles. The highest BCUT2D eigenvalue weighted by molar-refractivity contribution is 6.05. The van der Waals surface area contributed by atoms with Gasteiger partial charge in [0.25, 0.3) is 5.91 Å². The van der Waals surface area contributed by atoms with E-state index in [2.05, 4.69) is 24.5 Å². The molecule has 1 saturated heterocycles. The van der Waals surface area contributed by atoms with Gasteiger partial charge in [0.1, 0.15) is 6.10 Å². The van der Waals surface area contributed by atoms with Crippen LogP contribution in [0.15, 0.2) is 42.5 Å². The Bertz CT molecular complexity index is 1050. The monoisotopic (exact) mass is 432 g/mol. The Morgan fingerprint density at radius 1 is 0.969 bits per heavy atom. The van der Waals surface area contributed by atoms with Crippen LogP contribution in [-0.2, 0) is 27.2 Å². The van der Waals surface area contributed by atoms with Gasteiger partial charge in [-0.3, -0.25) is 14.4 Å². The predicted molar refractivity (Wildman–Crippen MR) is 121 cm³/mol. The zero-order valence-corrected chi connectivity index (χ0v) is 18.4. The summed E-state index contributed by atoms with van der Waals surface area (Å²) in [4.78, 5) is 38.0. The Kier molecular flexibility index (Phi) is 5.24. The third-order valence-corrected chi connectivity index (χ3v) is 7.44. The van der Waals surface area contributed by atoms with Crippen molar-refractivity contribution in [3.8, 4) is 0 Å². The highest BCUT2D eigenvalue weighted by Gasteiger charge is 2.63. The van der Waals surface area contributed by atoms with Gasteiger partial charge in [0, 0.05) is 22.9 Å². The summed E-state index contributed by atoms with van der Waals surface area (Å²) in [6.45, 7) is 4.15. The topological polar surface area (TPSA) is 84.5 Å². The van der Waals surface area contributed by atoms with Crippen LogP contribution in [0.4, 0.5) is 11.4 Å². The molecular weight excluding hydrogens is 404 g/mol. The summed E-state index contributed by atoms with van der Waals surface area (Å²) in [6.07, 6.45) is 3.39. The number of anilines is 2. The molecule has 6 nitrogen and oxygen atoms in total. The number of rotatable bonds is 6. The maximum Gasteiger partial charge on any atom is 0.310 e. The average molecular weight is 433 g/mol. The number of ether oxygens (including phenoxy) is 1. The Hall–Kier alpha value is -3.15. The van der Waals surface area contributed by atoms with Crippen LogP contribution < -0.4 is 10.6 Å².